The van der Waals surface area contributed by atoms with Gasteiger partial charge in [-0.2, -0.15) is 0 Å². The largest absolute Gasteiger partial charge is 0.409 e. The Morgan fingerprint density at radius 3 is 2.85 bits per heavy atom. The van der Waals surface area contributed by atoms with Gasteiger partial charge in [-0.05, 0) is 41.5 Å². The molecule has 5 nitrogen and oxygen atoms in total. The second kappa shape index (κ2) is 6.45. The molecular weight excluding hydrogens is 320 g/mol. The van der Waals surface area contributed by atoms with E-state index in [0.717, 1.165) is 41.9 Å². The van der Waals surface area contributed by atoms with Crippen LogP contribution in [-0.4, -0.2) is 48.2 Å². The zero-order chi connectivity index (χ0) is 14.7. The highest BCUT2D eigenvalue weighted by Crippen LogP contribution is 2.29. The van der Waals surface area contributed by atoms with Gasteiger partial charge in [0.1, 0.15) is 0 Å². The first-order valence-corrected chi connectivity index (χ1v) is 7.63. The van der Waals surface area contributed by atoms with Crippen molar-refractivity contribution < 1.29 is 5.21 Å². The summed E-state index contributed by atoms with van der Waals surface area (Å²) in [6, 6.07) is 6.40. The molecule has 0 radical (unpaired) electrons. The SMILES string of the molecule is CCN1CCN(c2cccc(Br)c2/C(N)=N/O)CC1C. The van der Waals surface area contributed by atoms with Gasteiger partial charge >= 0.3 is 0 Å². The molecule has 1 aromatic carbocycles. The second-order valence-electron chi connectivity index (χ2n) is 5.04. The summed E-state index contributed by atoms with van der Waals surface area (Å²) in [7, 11) is 0. The lowest BCUT2D eigenvalue weighted by molar-refractivity contribution is 0.199. The summed E-state index contributed by atoms with van der Waals surface area (Å²) in [4.78, 5) is 4.76. The molecule has 0 amide bonds. The van der Waals surface area contributed by atoms with Crippen molar-refractivity contribution >= 4 is 27.5 Å². The van der Waals surface area contributed by atoms with Crippen LogP contribution in [0.2, 0.25) is 0 Å². The average molecular weight is 341 g/mol. The molecule has 3 N–H and O–H groups in total. The second-order valence-corrected chi connectivity index (χ2v) is 5.90. The van der Waals surface area contributed by atoms with Gasteiger partial charge in [0.05, 0.1) is 5.56 Å². The number of hydrogen-bond donors (Lipinski definition) is 2. The van der Waals surface area contributed by atoms with E-state index in [1.54, 1.807) is 0 Å². The number of halogens is 1. The summed E-state index contributed by atoms with van der Waals surface area (Å²) in [6.45, 7) is 8.40. The molecule has 1 unspecified atom stereocenters. The number of likely N-dealkylation sites (N-methyl/N-ethyl adjacent to an activating group) is 1. The molecule has 110 valence electrons. The number of nitrogens with two attached hydrogens (primary N) is 1. The van der Waals surface area contributed by atoms with E-state index in [0.29, 0.717) is 6.04 Å². The van der Waals surface area contributed by atoms with Crippen LogP contribution >= 0.6 is 15.9 Å². The minimum absolute atomic E-state index is 0.137. The monoisotopic (exact) mass is 340 g/mol. The first-order valence-electron chi connectivity index (χ1n) is 6.83. The lowest BCUT2D eigenvalue weighted by Crippen LogP contribution is -2.52. The van der Waals surface area contributed by atoms with E-state index in [4.69, 9.17) is 10.9 Å². The summed E-state index contributed by atoms with van der Waals surface area (Å²) < 4.78 is 0.843. The maximum atomic E-state index is 8.98. The van der Waals surface area contributed by atoms with Crippen LogP contribution < -0.4 is 10.6 Å². The van der Waals surface area contributed by atoms with Gasteiger partial charge in [-0.3, -0.25) is 4.90 Å². The summed E-state index contributed by atoms with van der Waals surface area (Å²) in [6.07, 6.45) is 0. The van der Waals surface area contributed by atoms with Crippen LogP contribution in [0, 0.1) is 0 Å². The summed E-state index contributed by atoms with van der Waals surface area (Å²) in [5.74, 6) is 0.137. The van der Waals surface area contributed by atoms with Crippen LogP contribution in [-0.2, 0) is 0 Å². The first-order chi connectivity index (χ1) is 9.58. The standard InChI is InChI=1S/C14H21BrN4O/c1-3-18-7-8-19(9-10(18)2)12-6-4-5-11(15)13(12)14(16)17-20/h4-6,10,20H,3,7-9H2,1-2H3,(H2,16,17). The minimum atomic E-state index is 0.137. The van der Waals surface area contributed by atoms with Crippen LogP contribution in [0.3, 0.4) is 0 Å². The minimum Gasteiger partial charge on any atom is -0.409 e. The molecule has 1 atom stereocenters. The zero-order valence-corrected chi connectivity index (χ0v) is 13.5. The number of piperazine rings is 1. The van der Waals surface area contributed by atoms with Crippen molar-refractivity contribution in [3.8, 4) is 0 Å². The zero-order valence-electron chi connectivity index (χ0n) is 11.9. The Balaban J connectivity index is 2.32. The molecule has 2 rings (SSSR count). The van der Waals surface area contributed by atoms with Crippen molar-refractivity contribution in [2.75, 3.05) is 31.1 Å². The molecule has 0 saturated carbocycles. The molecule has 1 saturated heterocycles. The Bertz CT molecular complexity index is 506. The number of nitrogens with zero attached hydrogens (tertiary/aromatic N) is 3. The van der Waals surface area contributed by atoms with Crippen molar-refractivity contribution in [3.05, 3.63) is 28.2 Å². The van der Waals surface area contributed by atoms with Gasteiger partial charge in [-0.25, -0.2) is 0 Å². The number of anilines is 1. The van der Waals surface area contributed by atoms with Crippen LogP contribution in [0.4, 0.5) is 5.69 Å². The highest BCUT2D eigenvalue weighted by Gasteiger charge is 2.25. The maximum absolute atomic E-state index is 8.98. The van der Waals surface area contributed by atoms with E-state index in [-0.39, 0.29) is 5.84 Å². The van der Waals surface area contributed by atoms with Gasteiger partial charge in [0.2, 0.25) is 0 Å². The van der Waals surface area contributed by atoms with E-state index in [1.165, 1.54) is 0 Å². The maximum Gasteiger partial charge on any atom is 0.173 e. The molecule has 1 fully saturated rings. The van der Waals surface area contributed by atoms with Crippen LogP contribution in [0.15, 0.2) is 27.8 Å². The Morgan fingerprint density at radius 2 is 2.25 bits per heavy atom. The van der Waals surface area contributed by atoms with Crippen LogP contribution in [0.25, 0.3) is 0 Å². The molecule has 6 heteroatoms. The molecule has 0 aromatic heterocycles. The van der Waals surface area contributed by atoms with E-state index in [1.807, 2.05) is 18.2 Å². The van der Waals surface area contributed by atoms with Crippen molar-refractivity contribution in [2.24, 2.45) is 10.9 Å². The van der Waals surface area contributed by atoms with Crippen molar-refractivity contribution in [2.45, 2.75) is 19.9 Å². The van der Waals surface area contributed by atoms with E-state index in [2.05, 4.69) is 44.7 Å². The topological polar surface area (TPSA) is 65.1 Å². The quantitative estimate of drug-likeness (QED) is 0.382. The molecule has 0 spiro atoms. The van der Waals surface area contributed by atoms with Gasteiger partial charge in [0.25, 0.3) is 0 Å². The Hall–Kier alpha value is -1.27. The third-order valence-corrected chi connectivity index (χ3v) is 4.53. The lowest BCUT2D eigenvalue weighted by Gasteiger charge is -2.41. The molecule has 1 aromatic rings. The number of oxime groups is 1. The van der Waals surface area contributed by atoms with Crippen LogP contribution in [0.5, 0.6) is 0 Å². The fraction of sp³-hybridized carbons (Fsp3) is 0.500. The highest BCUT2D eigenvalue weighted by atomic mass is 79.9. The smallest absolute Gasteiger partial charge is 0.173 e. The summed E-state index contributed by atoms with van der Waals surface area (Å²) in [5.41, 5.74) is 7.59. The highest BCUT2D eigenvalue weighted by molar-refractivity contribution is 9.10. The molecule has 0 bridgehead atoms. The fourth-order valence-corrected chi connectivity index (χ4v) is 3.32. The third-order valence-electron chi connectivity index (χ3n) is 3.87. The van der Waals surface area contributed by atoms with Crippen molar-refractivity contribution in [3.63, 3.8) is 0 Å². The first kappa shape index (κ1) is 15.1. The molecule has 1 aliphatic heterocycles. The number of hydrogen-bond acceptors (Lipinski definition) is 4. The molecule has 1 aliphatic rings. The number of benzene rings is 1. The van der Waals surface area contributed by atoms with Crippen molar-refractivity contribution in [1.29, 1.82) is 0 Å². The molecule has 0 aliphatic carbocycles. The predicted molar refractivity (Wildman–Crippen MR) is 85.6 cm³/mol. The Morgan fingerprint density at radius 1 is 1.50 bits per heavy atom. The van der Waals surface area contributed by atoms with Gasteiger partial charge in [0.15, 0.2) is 5.84 Å². The molecule has 1 heterocycles. The summed E-state index contributed by atoms with van der Waals surface area (Å²) >= 11 is 3.49. The number of rotatable bonds is 3. The fourth-order valence-electron chi connectivity index (χ4n) is 2.76. The normalized spacial score (nSPS) is 21.2. The van der Waals surface area contributed by atoms with Gasteiger partial charge in [0, 0.05) is 35.8 Å². The van der Waals surface area contributed by atoms with Gasteiger partial charge in [-0.15, -0.1) is 0 Å². The summed E-state index contributed by atoms with van der Waals surface area (Å²) in [5, 5.41) is 12.1. The van der Waals surface area contributed by atoms with Gasteiger partial charge in [-0.1, -0.05) is 18.1 Å². The van der Waals surface area contributed by atoms with Crippen molar-refractivity contribution in [1.82, 2.24) is 4.90 Å². The van der Waals surface area contributed by atoms with Crippen LogP contribution in [0.1, 0.15) is 19.4 Å². The van der Waals surface area contributed by atoms with E-state index in [9.17, 15) is 0 Å². The van der Waals surface area contributed by atoms with E-state index >= 15 is 0 Å². The third kappa shape index (κ3) is 2.91. The Kier molecular flexibility index (Phi) is 4.88. The number of amidine groups is 1. The van der Waals surface area contributed by atoms with E-state index < -0.39 is 0 Å². The Labute approximate surface area is 128 Å². The average Bonchev–Trinajstić information content (AvgIpc) is 2.46. The van der Waals surface area contributed by atoms with Gasteiger partial charge < -0.3 is 15.8 Å². The molecule has 20 heavy (non-hydrogen) atoms. The molecular formula is C14H21BrN4O. The lowest BCUT2D eigenvalue weighted by atomic mass is 10.1. The predicted octanol–water partition coefficient (Wildman–Crippen LogP) is 2.07.